The first-order chi connectivity index (χ1) is 9.61. The second-order valence-electron chi connectivity index (χ2n) is 5.25. The topological polar surface area (TPSA) is 48.1 Å². The molecule has 0 amide bonds. The van der Waals surface area contributed by atoms with Crippen LogP contribution < -0.4 is 10.5 Å². The zero-order chi connectivity index (χ0) is 14.5. The van der Waals surface area contributed by atoms with E-state index < -0.39 is 0 Å². The highest BCUT2D eigenvalue weighted by Gasteiger charge is 2.30. The molecular formula is C15H24N2OS2. The van der Waals surface area contributed by atoms with Gasteiger partial charge in [0.15, 0.2) is 0 Å². The molecule has 1 aromatic rings. The summed E-state index contributed by atoms with van der Waals surface area (Å²) >= 11 is 4.03. The van der Waals surface area contributed by atoms with Crippen LogP contribution >= 0.6 is 23.5 Å². The summed E-state index contributed by atoms with van der Waals surface area (Å²) in [5, 5.41) is 1.81. The van der Waals surface area contributed by atoms with Crippen molar-refractivity contribution in [1.29, 1.82) is 0 Å². The molecule has 0 radical (unpaired) electrons. The van der Waals surface area contributed by atoms with Crippen LogP contribution in [0.2, 0.25) is 0 Å². The Morgan fingerprint density at radius 3 is 2.90 bits per heavy atom. The molecule has 0 saturated carbocycles. The Morgan fingerprint density at radius 2 is 2.20 bits per heavy atom. The van der Waals surface area contributed by atoms with E-state index in [1.165, 1.54) is 0 Å². The normalized spacial score (nSPS) is 28.1. The van der Waals surface area contributed by atoms with Gasteiger partial charge in [-0.3, -0.25) is 4.98 Å². The third-order valence-electron chi connectivity index (χ3n) is 3.57. The van der Waals surface area contributed by atoms with Gasteiger partial charge in [0.25, 0.3) is 0 Å². The molecule has 1 aliphatic heterocycles. The first-order valence-electron chi connectivity index (χ1n) is 7.22. The molecule has 0 bridgehead atoms. The zero-order valence-corrected chi connectivity index (χ0v) is 14.0. The van der Waals surface area contributed by atoms with E-state index in [4.69, 9.17) is 10.5 Å². The van der Waals surface area contributed by atoms with E-state index in [2.05, 4.69) is 25.8 Å². The summed E-state index contributed by atoms with van der Waals surface area (Å²) in [6.45, 7) is 7.41. The van der Waals surface area contributed by atoms with E-state index >= 15 is 0 Å². The van der Waals surface area contributed by atoms with E-state index in [-0.39, 0.29) is 6.04 Å². The average molecular weight is 313 g/mol. The van der Waals surface area contributed by atoms with Crippen LogP contribution in [-0.4, -0.2) is 33.1 Å². The molecule has 1 saturated heterocycles. The van der Waals surface area contributed by atoms with Crippen LogP contribution in [0, 0.1) is 0 Å². The van der Waals surface area contributed by atoms with Crippen LogP contribution in [0.15, 0.2) is 18.5 Å². The first-order valence-corrected chi connectivity index (χ1v) is 9.21. The molecule has 1 aliphatic rings. The molecular weight excluding hydrogens is 288 g/mol. The molecule has 1 fully saturated rings. The Bertz CT molecular complexity index is 430. The lowest BCUT2D eigenvalue weighted by Crippen LogP contribution is -2.34. The monoisotopic (exact) mass is 312 g/mol. The molecule has 2 N–H and O–H groups in total. The molecule has 3 nitrogen and oxygen atoms in total. The van der Waals surface area contributed by atoms with Gasteiger partial charge in [0.05, 0.1) is 12.8 Å². The number of nitrogens with zero attached hydrogens (tertiary/aromatic N) is 1. The smallest absolute Gasteiger partial charge is 0.137 e. The molecule has 5 heteroatoms. The van der Waals surface area contributed by atoms with Gasteiger partial charge in [-0.2, -0.15) is 23.5 Å². The SMILES string of the molecule is CCCOc1cncc(C(N)C2CSC(C)C(C)S2)c1. The minimum absolute atomic E-state index is 0.0279. The van der Waals surface area contributed by atoms with E-state index in [9.17, 15) is 0 Å². The number of thioether (sulfide) groups is 2. The van der Waals surface area contributed by atoms with Gasteiger partial charge < -0.3 is 10.5 Å². The molecule has 4 unspecified atom stereocenters. The Labute approximate surface area is 130 Å². The van der Waals surface area contributed by atoms with Crippen molar-refractivity contribution < 1.29 is 4.74 Å². The van der Waals surface area contributed by atoms with Gasteiger partial charge >= 0.3 is 0 Å². The lowest BCUT2D eigenvalue weighted by atomic mass is 10.1. The summed E-state index contributed by atoms with van der Waals surface area (Å²) < 4.78 is 5.64. The molecule has 2 rings (SSSR count). The van der Waals surface area contributed by atoms with Crippen LogP contribution in [0.5, 0.6) is 5.75 Å². The predicted octanol–water partition coefficient (Wildman–Crippen LogP) is 3.50. The molecule has 2 heterocycles. The third kappa shape index (κ3) is 4.06. The van der Waals surface area contributed by atoms with Gasteiger partial charge in [-0.15, -0.1) is 0 Å². The van der Waals surface area contributed by atoms with Crippen molar-refractivity contribution in [2.24, 2.45) is 5.73 Å². The zero-order valence-electron chi connectivity index (χ0n) is 12.4. The van der Waals surface area contributed by atoms with Gasteiger partial charge in [0.1, 0.15) is 5.75 Å². The van der Waals surface area contributed by atoms with E-state index in [1.807, 2.05) is 35.8 Å². The highest BCUT2D eigenvalue weighted by molar-refractivity contribution is 8.07. The third-order valence-corrected chi connectivity index (χ3v) is 7.08. The Hall–Kier alpha value is -0.390. The molecule has 0 aromatic carbocycles. The quantitative estimate of drug-likeness (QED) is 0.902. The van der Waals surface area contributed by atoms with Gasteiger partial charge in [0.2, 0.25) is 0 Å². The maximum atomic E-state index is 6.45. The van der Waals surface area contributed by atoms with Crippen molar-refractivity contribution in [3.8, 4) is 5.75 Å². The number of ether oxygens (including phenoxy) is 1. The number of rotatable bonds is 5. The van der Waals surface area contributed by atoms with Crippen LogP contribution in [0.3, 0.4) is 0 Å². The molecule has 4 atom stereocenters. The Morgan fingerprint density at radius 1 is 1.40 bits per heavy atom. The fourth-order valence-electron chi connectivity index (χ4n) is 2.13. The second kappa shape index (κ2) is 7.57. The van der Waals surface area contributed by atoms with Gasteiger partial charge in [-0.1, -0.05) is 20.8 Å². The Balaban J connectivity index is 2.03. The number of nitrogens with two attached hydrogens (primary N) is 1. The fourth-order valence-corrected chi connectivity index (χ4v) is 5.18. The standard InChI is InChI=1S/C15H24N2OS2/c1-4-5-18-13-6-12(7-17-8-13)15(16)14-9-19-10(2)11(3)20-14/h6-8,10-11,14-15H,4-5,9,16H2,1-3H3. The molecule has 20 heavy (non-hydrogen) atoms. The number of hydrogen-bond donors (Lipinski definition) is 1. The van der Waals surface area contributed by atoms with Crippen molar-refractivity contribution in [3.63, 3.8) is 0 Å². The van der Waals surface area contributed by atoms with Crippen molar-refractivity contribution in [1.82, 2.24) is 4.98 Å². The highest BCUT2D eigenvalue weighted by Crippen LogP contribution is 2.40. The van der Waals surface area contributed by atoms with Crippen LogP contribution in [0.1, 0.15) is 38.8 Å². The summed E-state index contributed by atoms with van der Waals surface area (Å²) in [5.74, 6) is 1.94. The predicted molar refractivity (Wildman–Crippen MR) is 89.7 cm³/mol. The van der Waals surface area contributed by atoms with Gasteiger partial charge in [-0.25, -0.2) is 0 Å². The van der Waals surface area contributed by atoms with Crippen LogP contribution in [0.25, 0.3) is 0 Å². The lowest BCUT2D eigenvalue weighted by molar-refractivity contribution is 0.315. The van der Waals surface area contributed by atoms with E-state index in [0.29, 0.717) is 15.7 Å². The molecule has 1 aromatic heterocycles. The fraction of sp³-hybridized carbons (Fsp3) is 0.667. The van der Waals surface area contributed by atoms with Gasteiger partial charge in [-0.05, 0) is 18.1 Å². The first kappa shape index (κ1) is 16.0. The second-order valence-corrected chi connectivity index (χ2v) is 8.28. The maximum absolute atomic E-state index is 6.45. The average Bonchev–Trinajstić information content (AvgIpc) is 2.47. The van der Waals surface area contributed by atoms with Gasteiger partial charge in [0, 0.05) is 33.7 Å². The minimum atomic E-state index is 0.0279. The number of aromatic nitrogens is 1. The minimum Gasteiger partial charge on any atom is -0.492 e. The van der Waals surface area contributed by atoms with Crippen molar-refractivity contribution in [2.75, 3.05) is 12.4 Å². The molecule has 0 spiro atoms. The summed E-state index contributed by atoms with van der Waals surface area (Å²) in [6.07, 6.45) is 4.64. The highest BCUT2D eigenvalue weighted by atomic mass is 32.2. The maximum Gasteiger partial charge on any atom is 0.137 e. The van der Waals surface area contributed by atoms with Crippen molar-refractivity contribution >= 4 is 23.5 Å². The van der Waals surface area contributed by atoms with E-state index in [0.717, 1.165) is 30.1 Å². The summed E-state index contributed by atoms with van der Waals surface area (Å²) in [5.41, 5.74) is 7.53. The van der Waals surface area contributed by atoms with Crippen molar-refractivity contribution in [2.45, 2.75) is 49.0 Å². The number of hydrogen-bond acceptors (Lipinski definition) is 5. The Kier molecular flexibility index (Phi) is 6.05. The van der Waals surface area contributed by atoms with E-state index in [1.54, 1.807) is 6.20 Å². The summed E-state index contributed by atoms with van der Waals surface area (Å²) in [6, 6.07) is 2.07. The number of pyridine rings is 1. The van der Waals surface area contributed by atoms with Crippen LogP contribution in [0.4, 0.5) is 0 Å². The molecule has 112 valence electrons. The van der Waals surface area contributed by atoms with Crippen LogP contribution in [-0.2, 0) is 0 Å². The summed E-state index contributed by atoms with van der Waals surface area (Å²) in [7, 11) is 0. The summed E-state index contributed by atoms with van der Waals surface area (Å²) in [4.78, 5) is 4.27. The van der Waals surface area contributed by atoms with Crippen molar-refractivity contribution in [3.05, 3.63) is 24.0 Å². The molecule has 0 aliphatic carbocycles. The largest absolute Gasteiger partial charge is 0.492 e. The lowest BCUT2D eigenvalue weighted by Gasteiger charge is -2.34.